The van der Waals surface area contributed by atoms with E-state index in [9.17, 15) is 14.7 Å². The number of Topliss-reactive ketones (excluding diaryl/α,β-unsaturated/α-hetero) is 1. The van der Waals surface area contributed by atoms with Gasteiger partial charge < -0.3 is 14.7 Å². The molecule has 0 rings (SSSR count). The normalized spacial score (nSPS) is 14.5. The van der Waals surface area contributed by atoms with E-state index in [1.165, 1.54) is 32.1 Å². The first-order valence-electron chi connectivity index (χ1n) is 8.88. The highest BCUT2D eigenvalue weighted by molar-refractivity contribution is 5.90. The fourth-order valence-electron chi connectivity index (χ4n) is 2.93. The number of quaternary nitrogens is 1. The van der Waals surface area contributed by atoms with Gasteiger partial charge in [0.1, 0.15) is 6.54 Å². The maximum Gasteiger partial charge on any atom is 0.306 e. The lowest BCUT2D eigenvalue weighted by molar-refractivity contribution is -0.875. The van der Waals surface area contributed by atoms with Crippen LogP contribution in [-0.4, -0.2) is 59.7 Å². The van der Waals surface area contributed by atoms with Gasteiger partial charge in [0.2, 0.25) is 0 Å². The van der Waals surface area contributed by atoms with Crippen LogP contribution in [0.5, 0.6) is 0 Å². The molecule has 5 heteroatoms. The summed E-state index contributed by atoms with van der Waals surface area (Å²) in [7, 11) is 5.53. The summed E-state index contributed by atoms with van der Waals surface area (Å²) >= 11 is 0. The predicted molar refractivity (Wildman–Crippen MR) is 92.3 cm³/mol. The van der Waals surface area contributed by atoms with Crippen molar-refractivity contribution >= 4 is 11.8 Å². The molecule has 0 amide bonds. The molecule has 5 nitrogen and oxygen atoms in total. The molecule has 0 spiro atoms. The molecule has 0 saturated heterocycles. The van der Waals surface area contributed by atoms with Crippen molar-refractivity contribution in [2.75, 3.05) is 27.7 Å². The number of aliphatic carboxylic acids is 1. The van der Waals surface area contributed by atoms with Gasteiger partial charge in [-0.3, -0.25) is 9.59 Å². The Bertz CT molecular complexity index is 363. The summed E-state index contributed by atoms with van der Waals surface area (Å²) in [5, 5.41) is 19.5. The van der Waals surface area contributed by atoms with Crippen LogP contribution in [0.25, 0.3) is 0 Å². The smallest absolute Gasteiger partial charge is 0.306 e. The fourth-order valence-corrected chi connectivity index (χ4v) is 2.93. The van der Waals surface area contributed by atoms with E-state index in [1.807, 2.05) is 21.1 Å². The van der Waals surface area contributed by atoms with Gasteiger partial charge in [-0.15, -0.1) is 0 Å². The number of likely N-dealkylation sites (N-methyl/N-ethyl adjacent to an activating group) is 1. The molecule has 0 aromatic rings. The lowest BCUT2D eigenvalue weighted by Gasteiger charge is -2.33. The predicted octanol–water partition coefficient (Wildman–Crippen LogP) is 3.00. The molecule has 1 unspecified atom stereocenters. The number of carbonyl (C=O) groups is 2. The summed E-state index contributed by atoms with van der Waals surface area (Å²) < 4.78 is 0.354. The summed E-state index contributed by atoms with van der Waals surface area (Å²) in [6.07, 6.45) is 8.77. The van der Waals surface area contributed by atoms with Crippen molar-refractivity contribution in [2.24, 2.45) is 0 Å². The lowest BCUT2D eigenvalue weighted by Crippen LogP contribution is -2.54. The van der Waals surface area contributed by atoms with Gasteiger partial charge in [0.15, 0.2) is 11.4 Å². The molecule has 136 valence electrons. The van der Waals surface area contributed by atoms with Gasteiger partial charge in [-0.25, -0.2) is 0 Å². The molecule has 0 saturated carbocycles. The number of aliphatic hydroxyl groups is 1. The Morgan fingerprint density at radius 2 is 1.39 bits per heavy atom. The van der Waals surface area contributed by atoms with Crippen molar-refractivity contribution in [3.8, 4) is 0 Å². The second-order valence-electron chi connectivity index (χ2n) is 7.70. The van der Waals surface area contributed by atoms with Crippen LogP contribution < -0.4 is 0 Å². The maximum absolute atomic E-state index is 12.3. The molecule has 0 aliphatic heterocycles. The highest BCUT2D eigenvalue weighted by atomic mass is 16.4. The van der Waals surface area contributed by atoms with Gasteiger partial charge in [-0.1, -0.05) is 51.9 Å². The van der Waals surface area contributed by atoms with Crippen molar-refractivity contribution in [3.63, 3.8) is 0 Å². The van der Waals surface area contributed by atoms with Crippen LogP contribution >= 0.6 is 0 Å². The van der Waals surface area contributed by atoms with E-state index in [2.05, 4.69) is 6.92 Å². The van der Waals surface area contributed by atoms with E-state index >= 15 is 0 Å². The summed E-state index contributed by atoms with van der Waals surface area (Å²) in [4.78, 5) is 23.3. The first kappa shape index (κ1) is 22.1. The number of hydrogen-bond donors (Lipinski definition) is 2. The largest absolute Gasteiger partial charge is 0.481 e. The molecule has 0 fully saturated rings. The van der Waals surface area contributed by atoms with E-state index in [-0.39, 0.29) is 18.7 Å². The summed E-state index contributed by atoms with van der Waals surface area (Å²) in [6.45, 7) is 2.31. The average molecular weight is 330 g/mol. The van der Waals surface area contributed by atoms with Crippen molar-refractivity contribution in [1.29, 1.82) is 0 Å². The van der Waals surface area contributed by atoms with Crippen LogP contribution in [0.4, 0.5) is 0 Å². The molecule has 0 aliphatic carbocycles. The number of carboxylic acids is 1. The van der Waals surface area contributed by atoms with E-state index in [0.717, 1.165) is 19.3 Å². The molecule has 0 bridgehead atoms. The quantitative estimate of drug-likeness (QED) is 0.379. The molecule has 0 aliphatic rings. The molecular formula is C18H36NO4+. The van der Waals surface area contributed by atoms with Crippen LogP contribution in [0.15, 0.2) is 0 Å². The fraction of sp³-hybridized carbons (Fsp3) is 0.889. The van der Waals surface area contributed by atoms with Crippen molar-refractivity contribution in [1.82, 2.24) is 0 Å². The van der Waals surface area contributed by atoms with Crippen LogP contribution in [0, 0.1) is 0 Å². The number of carbonyl (C=O) groups excluding carboxylic acids is 1. The SMILES string of the molecule is CCCCCCCCCCC(=O)C(O)(CC(=O)O)C[N+](C)(C)C. The number of carboxylic acid groups (broad SMARTS) is 1. The summed E-state index contributed by atoms with van der Waals surface area (Å²) in [6, 6.07) is 0. The minimum Gasteiger partial charge on any atom is -0.481 e. The Morgan fingerprint density at radius 1 is 0.913 bits per heavy atom. The standard InChI is InChI=1S/C18H35NO4/c1-5-6-7-8-9-10-11-12-13-16(20)18(23,14-17(21)22)15-19(2,3)4/h23H,5-15H2,1-4H3/p+1. The number of rotatable bonds is 14. The Balaban J connectivity index is 4.22. The third-order valence-corrected chi connectivity index (χ3v) is 3.96. The highest BCUT2D eigenvalue weighted by Gasteiger charge is 2.42. The summed E-state index contributed by atoms with van der Waals surface area (Å²) in [5.41, 5.74) is -1.76. The Kier molecular flexibility index (Phi) is 10.3. The van der Waals surface area contributed by atoms with Gasteiger partial charge in [0.25, 0.3) is 0 Å². The number of ketones is 1. The molecular weight excluding hydrogens is 294 g/mol. The Labute approximate surface area is 141 Å². The van der Waals surface area contributed by atoms with Crippen LogP contribution in [0.3, 0.4) is 0 Å². The zero-order chi connectivity index (χ0) is 17.9. The first-order chi connectivity index (χ1) is 10.6. The Morgan fingerprint density at radius 3 is 1.83 bits per heavy atom. The molecule has 0 radical (unpaired) electrons. The highest BCUT2D eigenvalue weighted by Crippen LogP contribution is 2.20. The number of unbranched alkanes of at least 4 members (excludes halogenated alkanes) is 7. The van der Waals surface area contributed by atoms with Crippen molar-refractivity contribution in [3.05, 3.63) is 0 Å². The van der Waals surface area contributed by atoms with Crippen LogP contribution in [0.1, 0.15) is 71.1 Å². The molecule has 0 aromatic carbocycles. The third kappa shape index (κ3) is 11.3. The lowest BCUT2D eigenvalue weighted by atomic mass is 9.89. The number of nitrogens with zero attached hydrogens (tertiary/aromatic N) is 1. The zero-order valence-corrected chi connectivity index (χ0v) is 15.4. The zero-order valence-electron chi connectivity index (χ0n) is 15.4. The minimum absolute atomic E-state index is 0.120. The monoisotopic (exact) mass is 330 g/mol. The number of hydrogen-bond acceptors (Lipinski definition) is 3. The average Bonchev–Trinajstić information content (AvgIpc) is 2.38. The third-order valence-electron chi connectivity index (χ3n) is 3.96. The van der Waals surface area contributed by atoms with Gasteiger partial charge in [0, 0.05) is 6.42 Å². The van der Waals surface area contributed by atoms with E-state index in [0.29, 0.717) is 4.48 Å². The maximum atomic E-state index is 12.3. The van der Waals surface area contributed by atoms with E-state index < -0.39 is 18.0 Å². The summed E-state index contributed by atoms with van der Waals surface area (Å²) in [5.74, 6) is -1.47. The van der Waals surface area contributed by atoms with Gasteiger partial charge in [-0.05, 0) is 6.42 Å². The molecule has 23 heavy (non-hydrogen) atoms. The van der Waals surface area contributed by atoms with Crippen LogP contribution in [0.2, 0.25) is 0 Å². The van der Waals surface area contributed by atoms with Gasteiger partial charge in [-0.2, -0.15) is 0 Å². The minimum atomic E-state index is -1.76. The van der Waals surface area contributed by atoms with E-state index in [4.69, 9.17) is 5.11 Å². The Hall–Kier alpha value is -0.940. The first-order valence-corrected chi connectivity index (χ1v) is 8.88. The van der Waals surface area contributed by atoms with Gasteiger partial charge in [0.05, 0.1) is 27.6 Å². The van der Waals surface area contributed by atoms with Gasteiger partial charge >= 0.3 is 5.97 Å². The molecule has 1 atom stereocenters. The molecule has 0 heterocycles. The second kappa shape index (κ2) is 10.8. The topological polar surface area (TPSA) is 74.6 Å². The van der Waals surface area contributed by atoms with Crippen LogP contribution in [-0.2, 0) is 9.59 Å². The van der Waals surface area contributed by atoms with Crippen molar-refractivity contribution in [2.45, 2.75) is 76.7 Å². The van der Waals surface area contributed by atoms with E-state index in [1.54, 1.807) is 0 Å². The van der Waals surface area contributed by atoms with Crippen molar-refractivity contribution < 1.29 is 24.3 Å². The second-order valence-corrected chi connectivity index (χ2v) is 7.70. The molecule has 0 aromatic heterocycles. The molecule has 2 N–H and O–H groups in total.